The molecule has 5 rings (SSSR count). The molecule has 5 nitrogen and oxygen atoms in total. The van der Waals surface area contributed by atoms with Crippen LogP contribution in [0.1, 0.15) is 57.4 Å². The number of aryl methyl sites for hydroxylation is 1. The van der Waals surface area contributed by atoms with Gasteiger partial charge in [-0.2, -0.15) is 4.99 Å². The Balaban J connectivity index is 1.11. The molecule has 3 fully saturated rings. The van der Waals surface area contributed by atoms with Crippen molar-refractivity contribution in [2.75, 3.05) is 13.1 Å². The van der Waals surface area contributed by atoms with E-state index in [1.807, 2.05) is 23.1 Å². The second-order valence-electron chi connectivity index (χ2n) is 10.00. The molecule has 1 unspecified atom stereocenters. The number of aliphatic imine (C=N–C) groups is 1. The molecule has 166 valence electrons. The van der Waals surface area contributed by atoms with Crippen molar-refractivity contribution < 1.29 is 9.59 Å². The van der Waals surface area contributed by atoms with Crippen LogP contribution in [0, 0.1) is 17.8 Å². The van der Waals surface area contributed by atoms with Gasteiger partial charge in [-0.05, 0) is 68.8 Å². The molecule has 1 aromatic rings. The molecule has 31 heavy (non-hydrogen) atoms. The number of likely N-dealkylation sites (tertiary alicyclic amines) is 1. The first-order valence-corrected chi connectivity index (χ1v) is 12.7. The molecule has 4 atom stereocenters. The number of carbonyl (C=O) groups excluding carboxylic acids is 2. The number of nitrogens with zero attached hydrogens (tertiary/aromatic N) is 2. The average molecular weight is 440 g/mol. The maximum Gasteiger partial charge on any atom is 0.264 e. The van der Waals surface area contributed by atoms with Gasteiger partial charge in [-0.3, -0.25) is 9.59 Å². The van der Waals surface area contributed by atoms with Gasteiger partial charge in [0.2, 0.25) is 5.91 Å². The van der Waals surface area contributed by atoms with Crippen LogP contribution in [0.15, 0.2) is 35.3 Å². The fourth-order valence-electron chi connectivity index (χ4n) is 6.10. The van der Waals surface area contributed by atoms with Gasteiger partial charge in [0.05, 0.1) is 0 Å². The van der Waals surface area contributed by atoms with Gasteiger partial charge in [0.15, 0.2) is 5.17 Å². The SMILES string of the molecule is CC1(C2CCN(C(=O)CCc3ccccc3)CC2)SC(N[C@H]2C[C@H]3CC[C@H]2C3)=NC1=O. The molecule has 2 amide bonds. The van der Waals surface area contributed by atoms with Gasteiger partial charge < -0.3 is 10.2 Å². The fraction of sp³-hybridized carbons (Fsp3) is 0.640. The number of amides is 2. The maximum atomic E-state index is 12.9. The lowest BCUT2D eigenvalue weighted by molar-refractivity contribution is -0.132. The minimum Gasteiger partial charge on any atom is -0.361 e. The third-order valence-electron chi connectivity index (χ3n) is 8.08. The Hall–Kier alpha value is -1.82. The summed E-state index contributed by atoms with van der Waals surface area (Å²) >= 11 is 1.64. The molecule has 2 aliphatic carbocycles. The number of fused-ring (bicyclic) bond motifs is 2. The van der Waals surface area contributed by atoms with Gasteiger partial charge in [0.1, 0.15) is 4.75 Å². The topological polar surface area (TPSA) is 61.8 Å². The Kier molecular flexibility index (Phi) is 5.84. The molecule has 0 spiro atoms. The van der Waals surface area contributed by atoms with Crippen molar-refractivity contribution in [3.63, 3.8) is 0 Å². The van der Waals surface area contributed by atoms with Gasteiger partial charge in [0.25, 0.3) is 5.91 Å². The molecule has 2 bridgehead atoms. The van der Waals surface area contributed by atoms with Crippen molar-refractivity contribution in [2.45, 2.75) is 69.1 Å². The number of rotatable bonds is 5. The van der Waals surface area contributed by atoms with Gasteiger partial charge in [-0.15, -0.1) is 0 Å². The zero-order valence-electron chi connectivity index (χ0n) is 18.4. The number of hydrogen-bond acceptors (Lipinski definition) is 4. The Morgan fingerprint density at radius 3 is 2.61 bits per heavy atom. The highest BCUT2D eigenvalue weighted by Gasteiger charge is 2.49. The Bertz CT molecular complexity index is 865. The Morgan fingerprint density at radius 1 is 1.16 bits per heavy atom. The second kappa shape index (κ2) is 8.61. The number of hydrogen-bond donors (Lipinski definition) is 1. The number of thioether (sulfide) groups is 1. The van der Waals surface area contributed by atoms with Crippen LogP contribution in [0.5, 0.6) is 0 Å². The van der Waals surface area contributed by atoms with E-state index in [-0.39, 0.29) is 17.7 Å². The van der Waals surface area contributed by atoms with Crippen molar-refractivity contribution in [3.05, 3.63) is 35.9 Å². The summed E-state index contributed by atoms with van der Waals surface area (Å²) in [5, 5.41) is 4.46. The molecule has 4 aliphatic rings. The van der Waals surface area contributed by atoms with E-state index in [1.165, 1.54) is 31.2 Å². The number of piperidine rings is 1. The van der Waals surface area contributed by atoms with E-state index in [0.717, 1.165) is 49.4 Å². The van der Waals surface area contributed by atoms with Crippen LogP contribution in [-0.2, 0) is 16.0 Å². The fourth-order valence-corrected chi connectivity index (χ4v) is 7.38. The molecule has 2 heterocycles. The zero-order valence-corrected chi connectivity index (χ0v) is 19.2. The van der Waals surface area contributed by atoms with Crippen LogP contribution in [0.4, 0.5) is 0 Å². The van der Waals surface area contributed by atoms with Gasteiger partial charge >= 0.3 is 0 Å². The van der Waals surface area contributed by atoms with E-state index < -0.39 is 4.75 Å². The monoisotopic (exact) mass is 439 g/mol. The predicted octanol–water partition coefficient (Wildman–Crippen LogP) is 4.02. The standard InChI is InChI=1S/C25H33N3O2S/c1-25(23(30)27-24(31-25)26-21-16-18-7-9-19(21)15-18)20-11-13-28(14-12-20)22(29)10-8-17-5-3-2-4-6-17/h2-6,18-21H,7-16H2,1H3,(H,26,27,30)/t18-,19-,21-,25?/m0/s1. The van der Waals surface area contributed by atoms with E-state index in [0.29, 0.717) is 12.5 Å². The molecule has 0 radical (unpaired) electrons. The summed E-state index contributed by atoms with van der Waals surface area (Å²) < 4.78 is -0.487. The number of nitrogens with one attached hydrogen (secondary N) is 1. The van der Waals surface area contributed by atoms with Crippen LogP contribution in [0.25, 0.3) is 0 Å². The lowest BCUT2D eigenvalue weighted by Gasteiger charge is -2.38. The second-order valence-corrected chi connectivity index (χ2v) is 11.4. The molecule has 6 heteroatoms. The summed E-state index contributed by atoms with van der Waals surface area (Å²) in [4.78, 5) is 32.0. The molecule has 1 saturated heterocycles. The number of carbonyl (C=O) groups is 2. The summed E-state index contributed by atoms with van der Waals surface area (Å²) in [6.07, 6.45) is 8.38. The van der Waals surface area contributed by atoms with Crippen LogP contribution >= 0.6 is 11.8 Å². The average Bonchev–Trinajstić information content (AvgIpc) is 3.48. The van der Waals surface area contributed by atoms with Gasteiger partial charge in [-0.25, -0.2) is 0 Å². The minimum atomic E-state index is -0.487. The summed E-state index contributed by atoms with van der Waals surface area (Å²) in [6, 6.07) is 10.7. The number of benzene rings is 1. The van der Waals surface area contributed by atoms with Crippen molar-refractivity contribution >= 4 is 28.7 Å². The highest BCUT2D eigenvalue weighted by atomic mass is 32.2. The molecule has 2 aliphatic heterocycles. The lowest BCUT2D eigenvalue weighted by Crippen LogP contribution is -2.46. The highest BCUT2D eigenvalue weighted by molar-refractivity contribution is 8.16. The Morgan fingerprint density at radius 2 is 1.94 bits per heavy atom. The third kappa shape index (κ3) is 4.28. The van der Waals surface area contributed by atoms with Crippen LogP contribution < -0.4 is 5.32 Å². The Labute approximate surface area is 189 Å². The van der Waals surface area contributed by atoms with Crippen molar-refractivity contribution in [1.29, 1.82) is 0 Å². The van der Waals surface area contributed by atoms with E-state index >= 15 is 0 Å². The maximum absolute atomic E-state index is 12.9. The minimum absolute atomic E-state index is 0.0111. The first-order chi connectivity index (χ1) is 15.0. The lowest BCUT2D eigenvalue weighted by atomic mass is 9.84. The van der Waals surface area contributed by atoms with Crippen molar-refractivity contribution in [2.24, 2.45) is 22.7 Å². The normalized spacial score (nSPS) is 33.1. The smallest absolute Gasteiger partial charge is 0.264 e. The van der Waals surface area contributed by atoms with Crippen LogP contribution in [-0.4, -0.2) is 45.8 Å². The molecular weight excluding hydrogens is 406 g/mol. The van der Waals surface area contributed by atoms with E-state index in [1.54, 1.807) is 11.8 Å². The van der Waals surface area contributed by atoms with Crippen molar-refractivity contribution in [3.8, 4) is 0 Å². The van der Waals surface area contributed by atoms with Crippen LogP contribution in [0.2, 0.25) is 0 Å². The van der Waals surface area contributed by atoms with E-state index in [4.69, 9.17) is 0 Å². The molecular formula is C25H33N3O2S. The summed E-state index contributed by atoms with van der Waals surface area (Å²) in [6.45, 7) is 3.56. The van der Waals surface area contributed by atoms with E-state index in [9.17, 15) is 9.59 Å². The first-order valence-electron chi connectivity index (χ1n) is 11.9. The van der Waals surface area contributed by atoms with Gasteiger partial charge in [-0.1, -0.05) is 48.5 Å². The summed E-state index contributed by atoms with van der Waals surface area (Å²) in [7, 11) is 0. The first kappa shape index (κ1) is 21.0. The van der Waals surface area contributed by atoms with Gasteiger partial charge in [0, 0.05) is 25.6 Å². The van der Waals surface area contributed by atoms with Crippen molar-refractivity contribution in [1.82, 2.24) is 10.2 Å². The molecule has 2 saturated carbocycles. The molecule has 1 N–H and O–H groups in total. The highest BCUT2D eigenvalue weighted by Crippen LogP contribution is 2.47. The summed E-state index contributed by atoms with van der Waals surface area (Å²) in [5.41, 5.74) is 1.21. The largest absolute Gasteiger partial charge is 0.361 e. The summed E-state index contributed by atoms with van der Waals surface area (Å²) in [5.74, 6) is 2.15. The van der Waals surface area contributed by atoms with E-state index in [2.05, 4.69) is 29.4 Å². The molecule has 0 aromatic heterocycles. The quantitative estimate of drug-likeness (QED) is 0.753. The van der Waals surface area contributed by atoms with Crippen LogP contribution in [0.3, 0.4) is 0 Å². The zero-order chi connectivity index (χ0) is 21.4. The number of amidine groups is 1. The third-order valence-corrected chi connectivity index (χ3v) is 9.41. The molecule has 1 aromatic carbocycles. The predicted molar refractivity (Wildman–Crippen MR) is 125 cm³/mol.